The zero-order valence-electron chi connectivity index (χ0n) is 13.1. The molecule has 1 amide bonds. The number of methoxy groups -OCH3 is 1. The van der Waals surface area contributed by atoms with Crippen LogP contribution in [0.5, 0.6) is 0 Å². The number of hydrogen-bond donors (Lipinski definition) is 1. The van der Waals surface area contributed by atoms with Gasteiger partial charge in [0.25, 0.3) is 0 Å². The van der Waals surface area contributed by atoms with Crippen LogP contribution in [0.25, 0.3) is 0 Å². The maximum atomic E-state index is 12.1. The summed E-state index contributed by atoms with van der Waals surface area (Å²) < 4.78 is 5.48. The van der Waals surface area contributed by atoms with Crippen LogP contribution in [0, 0.1) is 5.92 Å². The van der Waals surface area contributed by atoms with Gasteiger partial charge in [0.1, 0.15) is 3.53 Å². The monoisotopic (exact) mass is 351 g/mol. The molecule has 2 atom stereocenters. The molecule has 4 nitrogen and oxygen atoms in total. The molecule has 0 heterocycles. The fourth-order valence-corrected chi connectivity index (χ4v) is 4.44. The van der Waals surface area contributed by atoms with Crippen molar-refractivity contribution in [3.8, 4) is 0 Å². The average Bonchev–Trinajstić information content (AvgIpc) is 2.46. The second-order valence-electron chi connectivity index (χ2n) is 4.61. The van der Waals surface area contributed by atoms with Crippen molar-refractivity contribution in [2.24, 2.45) is 5.92 Å². The van der Waals surface area contributed by atoms with Crippen molar-refractivity contribution in [3.63, 3.8) is 0 Å². The molecule has 21 heavy (non-hydrogen) atoms. The van der Waals surface area contributed by atoms with Gasteiger partial charge in [-0.1, -0.05) is 44.2 Å². The number of hydrogen-bond acceptors (Lipinski definition) is 6. The van der Waals surface area contributed by atoms with E-state index in [4.69, 9.17) is 17.0 Å². The summed E-state index contributed by atoms with van der Waals surface area (Å²) in [5.74, 6) is 0.279. The van der Waals surface area contributed by atoms with E-state index in [0.29, 0.717) is 13.0 Å². The summed E-state index contributed by atoms with van der Waals surface area (Å²) in [5, 5.41) is 2.45. The highest BCUT2D eigenvalue weighted by Gasteiger charge is 2.26. The highest BCUT2D eigenvalue weighted by molar-refractivity contribution is 8.47. The predicted molar refractivity (Wildman–Crippen MR) is 95.8 cm³/mol. The molecule has 0 spiro atoms. The molecule has 1 N–H and O–H groups in total. The Morgan fingerprint density at radius 3 is 2.52 bits per heavy atom. The number of nitrogens with one attached hydrogen (secondary N) is 1. The molecule has 0 aromatic carbocycles. The van der Waals surface area contributed by atoms with E-state index < -0.39 is 0 Å². The summed E-state index contributed by atoms with van der Waals surface area (Å²) in [6.45, 7) is 6.34. The van der Waals surface area contributed by atoms with Gasteiger partial charge in [-0.2, -0.15) is 0 Å². The van der Waals surface area contributed by atoms with E-state index >= 15 is 0 Å². The molecule has 2 unspecified atom stereocenters. The van der Waals surface area contributed by atoms with Gasteiger partial charge in [-0.25, -0.2) is 0 Å². The lowest BCUT2D eigenvalue weighted by molar-refractivity contribution is -0.145. The molecule has 0 bridgehead atoms. The number of amides is 1. The fraction of sp³-hybridized carbons (Fsp3) is 0.786. The van der Waals surface area contributed by atoms with Crippen molar-refractivity contribution in [1.82, 2.24) is 5.32 Å². The van der Waals surface area contributed by atoms with E-state index in [1.54, 1.807) is 18.7 Å². The molecule has 0 saturated heterocycles. The second kappa shape index (κ2) is 12.3. The molecule has 0 aliphatic heterocycles. The third-order valence-corrected chi connectivity index (χ3v) is 5.67. The van der Waals surface area contributed by atoms with Crippen LogP contribution in [0.15, 0.2) is 0 Å². The number of rotatable bonds is 9. The molecule has 0 aromatic heterocycles. The Bertz CT molecular complexity index is 350. The summed E-state index contributed by atoms with van der Waals surface area (Å²) in [6.07, 6.45) is 2.66. The van der Waals surface area contributed by atoms with Crippen molar-refractivity contribution >= 4 is 51.1 Å². The van der Waals surface area contributed by atoms with E-state index in [2.05, 4.69) is 12.2 Å². The van der Waals surface area contributed by atoms with Crippen LogP contribution in [-0.4, -0.2) is 40.1 Å². The van der Waals surface area contributed by atoms with Gasteiger partial charge < -0.3 is 10.1 Å². The maximum absolute atomic E-state index is 12.1. The summed E-state index contributed by atoms with van der Waals surface area (Å²) in [5.41, 5.74) is 0. The number of esters is 1. The van der Waals surface area contributed by atoms with E-state index in [1.807, 2.05) is 6.92 Å². The molecule has 7 heteroatoms. The number of carbonyl (C=O) groups is 2. The largest absolute Gasteiger partial charge is 0.469 e. The van der Waals surface area contributed by atoms with Crippen LogP contribution in [0.4, 0.5) is 0 Å². The molecule has 122 valence electrons. The first-order chi connectivity index (χ1) is 9.96. The van der Waals surface area contributed by atoms with Gasteiger partial charge in [-0.05, 0) is 25.5 Å². The van der Waals surface area contributed by atoms with E-state index in [0.717, 1.165) is 22.1 Å². The van der Waals surface area contributed by atoms with Gasteiger partial charge in [0.15, 0.2) is 0 Å². The highest BCUT2D eigenvalue weighted by Crippen LogP contribution is 2.27. The van der Waals surface area contributed by atoms with Crippen LogP contribution < -0.4 is 5.32 Å². The molecule has 0 saturated carbocycles. The van der Waals surface area contributed by atoms with Crippen molar-refractivity contribution in [1.29, 1.82) is 0 Å². The second-order valence-corrected chi connectivity index (χ2v) is 8.11. The molecule has 0 aliphatic carbocycles. The van der Waals surface area contributed by atoms with Crippen LogP contribution >= 0.6 is 35.7 Å². The molecule has 0 aliphatic rings. The van der Waals surface area contributed by atoms with Gasteiger partial charge in [0, 0.05) is 6.54 Å². The topological polar surface area (TPSA) is 55.4 Å². The van der Waals surface area contributed by atoms with E-state index in [1.165, 1.54) is 18.9 Å². The minimum Gasteiger partial charge on any atom is -0.469 e. The Labute approximate surface area is 141 Å². The smallest absolute Gasteiger partial charge is 0.308 e. The van der Waals surface area contributed by atoms with Crippen molar-refractivity contribution in [2.45, 2.75) is 45.3 Å². The van der Waals surface area contributed by atoms with E-state index in [-0.39, 0.29) is 23.0 Å². The Morgan fingerprint density at radius 1 is 1.33 bits per heavy atom. The van der Waals surface area contributed by atoms with Crippen molar-refractivity contribution in [2.75, 3.05) is 19.4 Å². The Hall–Kier alpha value is -0.270. The Morgan fingerprint density at radius 2 is 2.00 bits per heavy atom. The van der Waals surface area contributed by atoms with Crippen LogP contribution in [0.1, 0.15) is 40.0 Å². The SMILES string of the molecule is CCCCSC(=S)SC(CC(C)C(=O)OC)C(=O)NCC. The van der Waals surface area contributed by atoms with Gasteiger partial charge in [-0.15, -0.1) is 11.8 Å². The third-order valence-electron chi connectivity index (χ3n) is 2.77. The molecular formula is C14H25NO3S3. The zero-order chi connectivity index (χ0) is 16.3. The van der Waals surface area contributed by atoms with Gasteiger partial charge in [-0.3, -0.25) is 9.59 Å². The van der Waals surface area contributed by atoms with Crippen LogP contribution in [0.3, 0.4) is 0 Å². The van der Waals surface area contributed by atoms with Crippen LogP contribution in [-0.2, 0) is 14.3 Å². The summed E-state index contributed by atoms with van der Waals surface area (Å²) in [4.78, 5) is 23.6. The predicted octanol–water partition coefficient (Wildman–Crippen LogP) is 3.24. The molecule has 0 rings (SSSR count). The van der Waals surface area contributed by atoms with Crippen molar-refractivity contribution in [3.05, 3.63) is 0 Å². The maximum Gasteiger partial charge on any atom is 0.308 e. The number of ether oxygens (including phenoxy) is 1. The van der Waals surface area contributed by atoms with Gasteiger partial charge in [0.05, 0.1) is 18.3 Å². The lowest BCUT2D eigenvalue weighted by Crippen LogP contribution is -2.35. The lowest BCUT2D eigenvalue weighted by Gasteiger charge is -2.19. The zero-order valence-corrected chi connectivity index (χ0v) is 15.6. The third kappa shape index (κ3) is 9.37. The first-order valence-electron chi connectivity index (χ1n) is 7.15. The molecular weight excluding hydrogens is 326 g/mol. The molecule has 0 radical (unpaired) electrons. The average molecular weight is 352 g/mol. The normalized spacial score (nSPS) is 13.3. The number of thioether (sulfide) groups is 2. The highest BCUT2D eigenvalue weighted by atomic mass is 32.2. The van der Waals surface area contributed by atoms with Crippen molar-refractivity contribution < 1.29 is 14.3 Å². The van der Waals surface area contributed by atoms with Crippen LogP contribution in [0.2, 0.25) is 0 Å². The first kappa shape index (κ1) is 20.7. The summed E-state index contributed by atoms with van der Waals surface area (Å²) in [7, 11) is 1.36. The van der Waals surface area contributed by atoms with Gasteiger partial charge >= 0.3 is 5.97 Å². The summed E-state index contributed by atoms with van der Waals surface area (Å²) >= 11 is 8.30. The minimum absolute atomic E-state index is 0.0725. The number of unbranched alkanes of at least 4 members (excludes halogenated alkanes) is 1. The first-order valence-corrected chi connectivity index (χ1v) is 9.42. The summed E-state index contributed by atoms with van der Waals surface area (Å²) in [6, 6.07) is 0. The number of thiocarbonyl (C=S) groups is 1. The number of carbonyl (C=O) groups excluding carboxylic acids is 2. The molecule has 0 aromatic rings. The fourth-order valence-electron chi connectivity index (χ4n) is 1.57. The van der Waals surface area contributed by atoms with Gasteiger partial charge in [0.2, 0.25) is 5.91 Å². The standard InChI is InChI=1S/C14H25NO3S3/c1-5-7-8-20-14(19)21-11(12(16)15-6-2)9-10(3)13(17)18-4/h10-11H,5-9H2,1-4H3,(H,15,16). The Balaban J connectivity index is 4.55. The lowest BCUT2D eigenvalue weighted by atomic mass is 10.1. The molecule has 0 fully saturated rings. The van der Waals surface area contributed by atoms with E-state index in [9.17, 15) is 9.59 Å². The Kier molecular flexibility index (Phi) is 12.1. The quantitative estimate of drug-likeness (QED) is 0.391. The minimum atomic E-state index is -0.347.